The third kappa shape index (κ3) is 3.70. The summed E-state index contributed by atoms with van der Waals surface area (Å²) in [5.41, 5.74) is 0.267. The summed E-state index contributed by atoms with van der Waals surface area (Å²) in [4.78, 5) is -0.0495. The molecule has 0 radical (unpaired) electrons. The van der Waals surface area contributed by atoms with Gasteiger partial charge in [0.15, 0.2) is 0 Å². The van der Waals surface area contributed by atoms with E-state index in [1.807, 2.05) is 19.9 Å². The molecule has 0 amide bonds. The minimum Gasteiger partial charge on any atom is -0.211 e. The Labute approximate surface area is 113 Å². The highest BCUT2D eigenvalue weighted by atomic mass is 35.5. The van der Waals surface area contributed by atoms with Crippen molar-refractivity contribution < 1.29 is 8.42 Å². The number of hydrogen-bond acceptors (Lipinski definition) is 3. The summed E-state index contributed by atoms with van der Waals surface area (Å²) in [7, 11) is -3.66. The van der Waals surface area contributed by atoms with Gasteiger partial charge in [-0.1, -0.05) is 31.9 Å². The second-order valence-electron chi connectivity index (χ2n) is 4.12. The number of hydrogen-bond donors (Lipinski definition) is 1. The first kappa shape index (κ1) is 15.0. The number of benzene rings is 1. The van der Waals surface area contributed by atoms with E-state index in [1.54, 1.807) is 0 Å². The highest BCUT2D eigenvalue weighted by molar-refractivity contribution is 7.89. The summed E-state index contributed by atoms with van der Waals surface area (Å²) >= 11 is 5.86. The van der Waals surface area contributed by atoms with Crippen molar-refractivity contribution in [1.29, 1.82) is 5.26 Å². The van der Waals surface area contributed by atoms with Crippen molar-refractivity contribution in [2.75, 3.05) is 6.54 Å². The molecule has 0 aromatic heterocycles. The predicted molar refractivity (Wildman–Crippen MR) is 70.8 cm³/mol. The summed E-state index contributed by atoms with van der Waals surface area (Å²) in [5, 5.41) is 8.88. The van der Waals surface area contributed by atoms with Crippen LogP contribution >= 0.6 is 11.6 Å². The standard InChI is InChI=1S/C12H15ClN2O2S/c1-3-9(2)8-15-18(16,17)12-6-10(7-14)4-5-11(12)13/h4-6,9,15H,3,8H2,1-2H3. The fourth-order valence-corrected chi connectivity index (χ4v) is 2.94. The van der Waals surface area contributed by atoms with E-state index in [4.69, 9.17) is 16.9 Å². The van der Waals surface area contributed by atoms with Crippen LogP contribution in [0.2, 0.25) is 5.02 Å². The van der Waals surface area contributed by atoms with E-state index in [0.717, 1.165) is 6.42 Å². The molecule has 0 aliphatic rings. The molecule has 4 nitrogen and oxygen atoms in total. The SMILES string of the molecule is CCC(C)CNS(=O)(=O)c1cc(C#N)ccc1Cl. The third-order valence-electron chi connectivity index (χ3n) is 2.67. The van der Waals surface area contributed by atoms with Crippen molar-refractivity contribution in [1.82, 2.24) is 4.72 Å². The van der Waals surface area contributed by atoms with Crippen molar-refractivity contribution in [2.45, 2.75) is 25.2 Å². The van der Waals surface area contributed by atoms with Crippen LogP contribution in [0.25, 0.3) is 0 Å². The van der Waals surface area contributed by atoms with Crippen molar-refractivity contribution in [2.24, 2.45) is 5.92 Å². The Morgan fingerprint density at radius 3 is 2.72 bits per heavy atom. The fourth-order valence-electron chi connectivity index (χ4n) is 1.25. The lowest BCUT2D eigenvalue weighted by Crippen LogP contribution is -2.28. The lowest BCUT2D eigenvalue weighted by atomic mass is 10.1. The molecule has 0 aliphatic heterocycles. The molecule has 1 atom stereocenters. The largest absolute Gasteiger partial charge is 0.242 e. The van der Waals surface area contributed by atoms with Crippen LogP contribution in [0.15, 0.2) is 23.1 Å². The van der Waals surface area contributed by atoms with Crippen LogP contribution in [0.1, 0.15) is 25.8 Å². The van der Waals surface area contributed by atoms with Gasteiger partial charge in [-0.3, -0.25) is 0 Å². The van der Waals surface area contributed by atoms with Crippen molar-refractivity contribution in [3.63, 3.8) is 0 Å². The quantitative estimate of drug-likeness (QED) is 0.904. The molecule has 0 fully saturated rings. The van der Waals surface area contributed by atoms with E-state index in [1.165, 1.54) is 18.2 Å². The molecule has 0 heterocycles. The third-order valence-corrected chi connectivity index (χ3v) is 4.57. The molecule has 0 aliphatic carbocycles. The van der Waals surface area contributed by atoms with Gasteiger partial charge in [-0.25, -0.2) is 13.1 Å². The van der Waals surface area contributed by atoms with Gasteiger partial charge in [-0.15, -0.1) is 0 Å². The van der Waals surface area contributed by atoms with Gasteiger partial charge in [-0.05, 0) is 24.1 Å². The topological polar surface area (TPSA) is 70.0 Å². The first-order valence-corrected chi connectivity index (χ1v) is 7.46. The Bertz CT molecular complexity index is 564. The molecular weight excluding hydrogens is 272 g/mol. The lowest BCUT2D eigenvalue weighted by molar-refractivity contribution is 0.528. The summed E-state index contributed by atoms with van der Waals surface area (Å²) in [5.74, 6) is 0.248. The maximum atomic E-state index is 12.0. The highest BCUT2D eigenvalue weighted by Crippen LogP contribution is 2.22. The number of nitrogens with zero attached hydrogens (tertiary/aromatic N) is 1. The zero-order valence-electron chi connectivity index (χ0n) is 10.3. The molecule has 6 heteroatoms. The van der Waals surface area contributed by atoms with E-state index < -0.39 is 10.0 Å². The van der Waals surface area contributed by atoms with Gasteiger partial charge in [0, 0.05) is 6.54 Å². The number of rotatable bonds is 5. The van der Waals surface area contributed by atoms with Crippen LogP contribution in [0.4, 0.5) is 0 Å². The Morgan fingerprint density at radius 2 is 2.17 bits per heavy atom. The first-order chi connectivity index (χ1) is 8.40. The highest BCUT2D eigenvalue weighted by Gasteiger charge is 2.18. The second kappa shape index (κ2) is 6.19. The number of nitrogens with one attached hydrogen (secondary N) is 1. The predicted octanol–water partition coefficient (Wildman–Crippen LogP) is 2.54. The Kier molecular flexibility index (Phi) is 5.15. The summed E-state index contributed by atoms with van der Waals surface area (Å²) in [6, 6.07) is 6.07. The molecule has 1 N–H and O–H groups in total. The molecule has 0 saturated heterocycles. The molecule has 1 rings (SSSR count). The van der Waals surface area contributed by atoms with Crippen LogP contribution in [0.3, 0.4) is 0 Å². The lowest BCUT2D eigenvalue weighted by Gasteiger charge is -2.12. The van der Waals surface area contributed by atoms with Crippen LogP contribution in [-0.2, 0) is 10.0 Å². The average molecular weight is 287 g/mol. The van der Waals surface area contributed by atoms with Gasteiger partial charge in [0.2, 0.25) is 10.0 Å². The molecule has 1 aromatic carbocycles. The fraction of sp³-hybridized carbons (Fsp3) is 0.417. The molecule has 1 unspecified atom stereocenters. The van der Waals surface area contributed by atoms with Crippen LogP contribution in [0.5, 0.6) is 0 Å². The molecule has 0 spiro atoms. The van der Waals surface area contributed by atoms with E-state index in [0.29, 0.717) is 6.54 Å². The molecule has 0 saturated carbocycles. The Hall–Kier alpha value is -1.09. The summed E-state index contributed by atoms with van der Waals surface area (Å²) < 4.78 is 26.6. The normalized spacial score (nSPS) is 13.0. The Morgan fingerprint density at radius 1 is 1.50 bits per heavy atom. The summed E-state index contributed by atoms with van der Waals surface area (Å²) in [6.07, 6.45) is 0.883. The van der Waals surface area contributed by atoms with Gasteiger partial charge in [0.05, 0.1) is 16.7 Å². The minimum atomic E-state index is -3.66. The maximum absolute atomic E-state index is 12.0. The molecule has 18 heavy (non-hydrogen) atoms. The maximum Gasteiger partial charge on any atom is 0.242 e. The van der Waals surface area contributed by atoms with Crippen LogP contribution < -0.4 is 4.72 Å². The molecule has 1 aromatic rings. The van der Waals surface area contributed by atoms with Gasteiger partial charge >= 0.3 is 0 Å². The first-order valence-electron chi connectivity index (χ1n) is 5.60. The van der Waals surface area contributed by atoms with E-state index in [-0.39, 0.29) is 21.4 Å². The van der Waals surface area contributed by atoms with Gasteiger partial charge in [0.25, 0.3) is 0 Å². The zero-order chi connectivity index (χ0) is 13.8. The Balaban J connectivity index is 3.02. The molecule has 0 bridgehead atoms. The van der Waals surface area contributed by atoms with Crippen molar-refractivity contribution >= 4 is 21.6 Å². The minimum absolute atomic E-state index is 0.0495. The van der Waals surface area contributed by atoms with E-state index in [2.05, 4.69) is 4.72 Å². The molecular formula is C12H15ClN2O2S. The second-order valence-corrected chi connectivity index (χ2v) is 6.26. The van der Waals surface area contributed by atoms with Gasteiger partial charge < -0.3 is 0 Å². The number of halogens is 1. The zero-order valence-corrected chi connectivity index (χ0v) is 11.8. The number of sulfonamides is 1. The van der Waals surface area contributed by atoms with Crippen molar-refractivity contribution in [3.8, 4) is 6.07 Å². The van der Waals surface area contributed by atoms with Crippen LogP contribution in [0, 0.1) is 17.2 Å². The van der Waals surface area contributed by atoms with Gasteiger partial charge in [0.1, 0.15) is 4.90 Å². The van der Waals surface area contributed by atoms with Crippen LogP contribution in [-0.4, -0.2) is 15.0 Å². The molecule has 98 valence electrons. The average Bonchev–Trinajstić information content (AvgIpc) is 2.36. The smallest absolute Gasteiger partial charge is 0.211 e. The van der Waals surface area contributed by atoms with Crippen molar-refractivity contribution in [3.05, 3.63) is 28.8 Å². The van der Waals surface area contributed by atoms with E-state index in [9.17, 15) is 8.42 Å². The monoisotopic (exact) mass is 286 g/mol. The summed E-state index contributed by atoms with van der Waals surface area (Å²) in [6.45, 7) is 4.30. The van der Waals surface area contributed by atoms with E-state index >= 15 is 0 Å². The number of nitriles is 1. The van der Waals surface area contributed by atoms with Gasteiger partial charge in [-0.2, -0.15) is 5.26 Å².